The lowest BCUT2D eigenvalue weighted by Gasteiger charge is -2.22. The number of hydrogen-bond donors (Lipinski definition) is 2. The highest BCUT2D eigenvalue weighted by Crippen LogP contribution is 2.24. The first-order valence-corrected chi connectivity index (χ1v) is 7.09. The summed E-state index contributed by atoms with van der Waals surface area (Å²) < 4.78 is 1.00. The van der Waals surface area contributed by atoms with Crippen LogP contribution in [0.2, 0.25) is 0 Å². The number of nitrogen functional groups attached to an aromatic ring is 1. The molecule has 5 heteroatoms. The lowest BCUT2D eigenvalue weighted by atomic mass is 10.1. The Morgan fingerprint density at radius 1 is 1.56 bits per heavy atom. The Bertz CT molecular complexity index is 381. The molecule has 3 nitrogen and oxygen atoms in total. The Kier molecular flexibility index (Phi) is 5.15. The fourth-order valence-electron chi connectivity index (χ4n) is 1.40. The molecular formula is C11H16BrN3S. The predicted molar refractivity (Wildman–Crippen MR) is 76.8 cm³/mol. The molecule has 0 spiro atoms. The second kappa shape index (κ2) is 6.15. The van der Waals surface area contributed by atoms with Gasteiger partial charge in [0.05, 0.1) is 0 Å². The Hall–Kier alpha value is -0.680. The number of halogens is 1. The van der Waals surface area contributed by atoms with Crippen molar-refractivity contribution in [2.75, 3.05) is 30.5 Å². The van der Waals surface area contributed by atoms with Crippen LogP contribution in [0.5, 0.6) is 0 Å². The van der Waals surface area contributed by atoms with Crippen molar-refractivity contribution >= 4 is 39.2 Å². The second-order valence-corrected chi connectivity index (χ2v) is 5.39. The van der Waals surface area contributed by atoms with Crippen molar-refractivity contribution in [3.63, 3.8) is 0 Å². The lowest BCUT2D eigenvalue weighted by Crippen LogP contribution is -2.24. The van der Waals surface area contributed by atoms with Crippen molar-refractivity contribution in [2.24, 2.45) is 5.73 Å². The standard InChI is InChI=1S/C11H16BrN3S/c1-15(5-6-16-2)10-7-8(12)3-4-9(10)11(13)14/h3-4,7H,5-6H2,1-2H3,(H3,13,14). The SMILES string of the molecule is CSCCN(C)c1cc(Br)ccc1C(=N)N. The van der Waals surface area contributed by atoms with E-state index in [0.717, 1.165) is 28.0 Å². The highest BCUT2D eigenvalue weighted by Gasteiger charge is 2.09. The van der Waals surface area contributed by atoms with Crippen molar-refractivity contribution in [1.82, 2.24) is 0 Å². The largest absolute Gasteiger partial charge is 0.384 e. The van der Waals surface area contributed by atoms with E-state index in [-0.39, 0.29) is 5.84 Å². The van der Waals surface area contributed by atoms with Crippen molar-refractivity contribution in [1.29, 1.82) is 5.41 Å². The zero-order chi connectivity index (χ0) is 12.1. The average molecular weight is 302 g/mol. The van der Waals surface area contributed by atoms with Crippen LogP contribution in [0.3, 0.4) is 0 Å². The Labute approximate surface area is 109 Å². The number of hydrogen-bond acceptors (Lipinski definition) is 3. The van der Waals surface area contributed by atoms with E-state index in [1.807, 2.05) is 25.2 Å². The normalized spacial score (nSPS) is 10.2. The van der Waals surface area contributed by atoms with Crippen LogP contribution in [0.1, 0.15) is 5.56 Å². The number of thioether (sulfide) groups is 1. The minimum atomic E-state index is 0.110. The highest BCUT2D eigenvalue weighted by atomic mass is 79.9. The lowest BCUT2D eigenvalue weighted by molar-refractivity contribution is 0.975. The van der Waals surface area contributed by atoms with Crippen LogP contribution in [-0.2, 0) is 0 Å². The van der Waals surface area contributed by atoms with Crippen molar-refractivity contribution in [3.05, 3.63) is 28.2 Å². The van der Waals surface area contributed by atoms with Gasteiger partial charge < -0.3 is 10.6 Å². The van der Waals surface area contributed by atoms with Crippen LogP contribution in [0, 0.1) is 5.41 Å². The van der Waals surface area contributed by atoms with Crippen LogP contribution in [0.25, 0.3) is 0 Å². The zero-order valence-corrected chi connectivity index (χ0v) is 11.9. The van der Waals surface area contributed by atoms with Crippen LogP contribution in [0.4, 0.5) is 5.69 Å². The summed E-state index contributed by atoms with van der Waals surface area (Å²) in [5, 5.41) is 7.55. The van der Waals surface area contributed by atoms with Gasteiger partial charge >= 0.3 is 0 Å². The van der Waals surface area contributed by atoms with Crippen LogP contribution in [-0.4, -0.2) is 31.4 Å². The summed E-state index contributed by atoms with van der Waals surface area (Å²) in [5.41, 5.74) is 7.35. The molecule has 0 radical (unpaired) electrons. The fourth-order valence-corrected chi connectivity index (χ4v) is 2.20. The third kappa shape index (κ3) is 3.42. The molecule has 88 valence electrons. The van der Waals surface area contributed by atoms with Gasteiger partial charge in [-0.1, -0.05) is 15.9 Å². The molecule has 1 aromatic rings. The third-order valence-corrected chi connectivity index (χ3v) is 3.38. The summed E-state index contributed by atoms with van der Waals surface area (Å²) >= 11 is 5.24. The minimum absolute atomic E-state index is 0.110. The zero-order valence-electron chi connectivity index (χ0n) is 9.46. The van der Waals surface area contributed by atoms with E-state index in [2.05, 4.69) is 27.1 Å². The molecule has 0 heterocycles. The third-order valence-electron chi connectivity index (χ3n) is 2.29. The molecule has 0 saturated heterocycles. The number of anilines is 1. The molecule has 0 aliphatic carbocycles. The van der Waals surface area contributed by atoms with E-state index in [9.17, 15) is 0 Å². The number of amidine groups is 1. The molecule has 0 aromatic heterocycles. The van der Waals surface area contributed by atoms with Gasteiger partial charge in [-0.3, -0.25) is 5.41 Å². The highest BCUT2D eigenvalue weighted by molar-refractivity contribution is 9.10. The number of rotatable bonds is 5. The van der Waals surface area contributed by atoms with Gasteiger partial charge in [0.1, 0.15) is 5.84 Å². The fraction of sp³-hybridized carbons (Fsp3) is 0.364. The summed E-state index contributed by atoms with van der Waals surface area (Å²) in [7, 11) is 2.02. The summed E-state index contributed by atoms with van der Waals surface area (Å²) in [6.07, 6.45) is 2.08. The van der Waals surface area contributed by atoms with Crippen LogP contribution < -0.4 is 10.6 Å². The smallest absolute Gasteiger partial charge is 0.124 e. The van der Waals surface area contributed by atoms with Gasteiger partial charge in [-0.25, -0.2) is 0 Å². The monoisotopic (exact) mass is 301 g/mol. The van der Waals surface area contributed by atoms with Gasteiger partial charge in [0, 0.05) is 35.1 Å². The number of nitrogens with two attached hydrogens (primary N) is 1. The molecule has 0 aliphatic heterocycles. The van der Waals surface area contributed by atoms with E-state index < -0.39 is 0 Å². The molecule has 0 unspecified atom stereocenters. The first kappa shape index (κ1) is 13.4. The maximum atomic E-state index is 7.55. The van der Waals surface area contributed by atoms with E-state index in [4.69, 9.17) is 11.1 Å². The Balaban J connectivity index is 2.99. The molecule has 3 N–H and O–H groups in total. The topological polar surface area (TPSA) is 53.1 Å². The molecule has 0 atom stereocenters. The molecule has 0 saturated carbocycles. The van der Waals surface area contributed by atoms with E-state index in [0.29, 0.717) is 0 Å². The van der Waals surface area contributed by atoms with Gasteiger partial charge in [-0.05, 0) is 24.5 Å². The van der Waals surface area contributed by atoms with Crippen molar-refractivity contribution in [3.8, 4) is 0 Å². The number of nitrogens with one attached hydrogen (secondary N) is 1. The first-order valence-electron chi connectivity index (χ1n) is 4.90. The van der Waals surface area contributed by atoms with Crippen molar-refractivity contribution < 1.29 is 0 Å². The summed E-state index contributed by atoms with van der Waals surface area (Å²) in [6.45, 7) is 0.942. The van der Waals surface area contributed by atoms with E-state index in [1.54, 1.807) is 11.8 Å². The van der Waals surface area contributed by atoms with Gasteiger partial charge in [0.2, 0.25) is 0 Å². The Morgan fingerprint density at radius 3 is 2.81 bits per heavy atom. The molecule has 1 rings (SSSR count). The Morgan fingerprint density at radius 2 is 2.25 bits per heavy atom. The molecule has 0 aliphatic rings. The van der Waals surface area contributed by atoms with Gasteiger partial charge in [-0.15, -0.1) is 0 Å². The second-order valence-electron chi connectivity index (χ2n) is 3.49. The quantitative estimate of drug-likeness (QED) is 0.649. The van der Waals surface area contributed by atoms with Gasteiger partial charge in [0.25, 0.3) is 0 Å². The van der Waals surface area contributed by atoms with Crippen LogP contribution >= 0.6 is 27.7 Å². The summed E-state index contributed by atoms with van der Waals surface area (Å²) in [6, 6.07) is 5.77. The average Bonchev–Trinajstić information content (AvgIpc) is 2.25. The van der Waals surface area contributed by atoms with E-state index >= 15 is 0 Å². The maximum absolute atomic E-state index is 7.55. The summed E-state index contributed by atoms with van der Waals surface area (Å²) in [4.78, 5) is 2.12. The minimum Gasteiger partial charge on any atom is -0.384 e. The molecule has 0 bridgehead atoms. The summed E-state index contributed by atoms with van der Waals surface area (Å²) in [5.74, 6) is 1.17. The molecule has 0 fully saturated rings. The predicted octanol–water partition coefficient (Wildman–Crippen LogP) is 2.53. The molecule has 0 amide bonds. The first-order chi connectivity index (χ1) is 7.56. The number of nitrogens with zero attached hydrogens (tertiary/aromatic N) is 1. The van der Waals surface area contributed by atoms with E-state index in [1.165, 1.54) is 0 Å². The molecule has 16 heavy (non-hydrogen) atoms. The van der Waals surface area contributed by atoms with Gasteiger partial charge in [-0.2, -0.15) is 11.8 Å². The maximum Gasteiger partial charge on any atom is 0.124 e. The van der Waals surface area contributed by atoms with Crippen LogP contribution in [0.15, 0.2) is 22.7 Å². The van der Waals surface area contributed by atoms with Crippen molar-refractivity contribution in [2.45, 2.75) is 0 Å². The molecular weight excluding hydrogens is 286 g/mol. The van der Waals surface area contributed by atoms with Gasteiger partial charge in [0.15, 0.2) is 0 Å². The molecule has 1 aromatic carbocycles. The number of benzene rings is 1.